The summed E-state index contributed by atoms with van der Waals surface area (Å²) in [7, 11) is 1.51. The highest BCUT2D eigenvalue weighted by atomic mass is 32.1. The quantitative estimate of drug-likeness (QED) is 0.395. The highest BCUT2D eigenvalue weighted by molar-refractivity contribution is 7.17. The van der Waals surface area contributed by atoms with Crippen LogP contribution in [-0.2, 0) is 0 Å². The van der Waals surface area contributed by atoms with Crippen molar-refractivity contribution < 1.29 is 9.84 Å². The molecule has 0 aliphatic heterocycles. The lowest BCUT2D eigenvalue weighted by atomic mass is 10.1. The first-order chi connectivity index (χ1) is 13.3. The SMILES string of the molecule is COc1cc(/C=N\Nc2ncnc3scc(-c4ccccc4)c23)ccc1O. The van der Waals surface area contributed by atoms with Crippen LogP contribution in [-0.4, -0.2) is 28.4 Å². The summed E-state index contributed by atoms with van der Waals surface area (Å²) in [5.41, 5.74) is 5.97. The summed E-state index contributed by atoms with van der Waals surface area (Å²) in [6, 6.07) is 15.1. The minimum atomic E-state index is 0.0888. The van der Waals surface area contributed by atoms with Gasteiger partial charge in [-0.05, 0) is 29.3 Å². The molecule has 0 amide bonds. The third-order valence-corrected chi connectivity index (χ3v) is 4.93. The second-order valence-corrected chi connectivity index (χ2v) is 6.58. The van der Waals surface area contributed by atoms with Gasteiger partial charge in [-0.2, -0.15) is 5.10 Å². The van der Waals surface area contributed by atoms with E-state index in [1.807, 2.05) is 18.2 Å². The second-order valence-electron chi connectivity index (χ2n) is 5.72. The molecule has 0 atom stereocenters. The van der Waals surface area contributed by atoms with E-state index < -0.39 is 0 Å². The fraction of sp³-hybridized carbons (Fsp3) is 0.0500. The van der Waals surface area contributed by atoms with Crippen molar-refractivity contribution in [3.8, 4) is 22.6 Å². The van der Waals surface area contributed by atoms with Crippen molar-refractivity contribution in [2.75, 3.05) is 12.5 Å². The summed E-state index contributed by atoms with van der Waals surface area (Å²) in [4.78, 5) is 9.60. The number of nitrogens with one attached hydrogen (secondary N) is 1. The third kappa shape index (κ3) is 3.45. The zero-order valence-electron chi connectivity index (χ0n) is 14.5. The maximum absolute atomic E-state index is 9.67. The topological polar surface area (TPSA) is 79.6 Å². The highest BCUT2D eigenvalue weighted by Crippen LogP contribution is 2.36. The van der Waals surface area contributed by atoms with Crippen LogP contribution in [0.1, 0.15) is 5.56 Å². The number of fused-ring (bicyclic) bond motifs is 1. The van der Waals surface area contributed by atoms with Crippen molar-refractivity contribution in [3.63, 3.8) is 0 Å². The first-order valence-corrected chi connectivity index (χ1v) is 9.08. The Morgan fingerprint density at radius 2 is 2.00 bits per heavy atom. The maximum Gasteiger partial charge on any atom is 0.161 e. The van der Waals surface area contributed by atoms with Gasteiger partial charge in [0.15, 0.2) is 17.3 Å². The zero-order chi connectivity index (χ0) is 18.6. The first kappa shape index (κ1) is 17.0. The van der Waals surface area contributed by atoms with Crippen molar-refractivity contribution in [2.45, 2.75) is 0 Å². The summed E-state index contributed by atoms with van der Waals surface area (Å²) in [5, 5.41) is 17.0. The Hall–Kier alpha value is -3.45. The molecule has 0 spiro atoms. The van der Waals surface area contributed by atoms with Gasteiger partial charge in [0.2, 0.25) is 0 Å². The molecule has 7 heteroatoms. The molecular weight excluding hydrogens is 360 g/mol. The number of rotatable bonds is 5. The Balaban J connectivity index is 1.65. The van der Waals surface area contributed by atoms with Crippen LogP contribution >= 0.6 is 11.3 Å². The van der Waals surface area contributed by atoms with Crippen molar-refractivity contribution >= 4 is 33.6 Å². The lowest BCUT2D eigenvalue weighted by Gasteiger charge is -2.05. The molecule has 0 saturated heterocycles. The average Bonchev–Trinajstić information content (AvgIpc) is 3.15. The van der Waals surface area contributed by atoms with E-state index in [9.17, 15) is 5.11 Å². The van der Waals surface area contributed by atoms with E-state index in [4.69, 9.17) is 4.74 Å². The van der Waals surface area contributed by atoms with Crippen LogP contribution in [0.3, 0.4) is 0 Å². The monoisotopic (exact) mass is 376 g/mol. The van der Waals surface area contributed by atoms with Gasteiger partial charge in [0.05, 0.1) is 18.7 Å². The second kappa shape index (κ2) is 7.43. The molecule has 2 aromatic carbocycles. The standard InChI is InChI=1S/C20H16N4O2S/c1-26-17-9-13(7-8-16(17)25)10-23-24-19-18-15(14-5-3-2-4-6-14)11-27-20(18)22-12-21-19/h2-12,25H,1H3,(H,21,22,24)/b23-10-. The Morgan fingerprint density at radius 3 is 2.81 bits per heavy atom. The molecule has 2 N–H and O–H groups in total. The summed E-state index contributed by atoms with van der Waals surface area (Å²) in [6.07, 6.45) is 3.17. The van der Waals surface area contributed by atoms with Gasteiger partial charge in [0.25, 0.3) is 0 Å². The molecular formula is C20H16N4O2S. The highest BCUT2D eigenvalue weighted by Gasteiger charge is 2.12. The predicted octanol–water partition coefficient (Wildman–Crippen LogP) is 4.52. The van der Waals surface area contributed by atoms with Gasteiger partial charge in [0.1, 0.15) is 11.2 Å². The number of thiophene rings is 1. The zero-order valence-corrected chi connectivity index (χ0v) is 15.3. The van der Waals surface area contributed by atoms with Crippen molar-refractivity contribution in [1.29, 1.82) is 0 Å². The fourth-order valence-corrected chi connectivity index (χ4v) is 3.65. The molecule has 0 bridgehead atoms. The number of phenols is 1. The van der Waals surface area contributed by atoms with Crippen LogP contribution in [0.4, 0.5) is 5.82 Å². The summed E-state index contributed by atoms with van der Waals surface area (Å²) in [6.45, 7) is 0. The number of aromatic nitrogens is 2. The third-order valence-electron chi connectivity index (χ3n) is 4.04. The molecule has 134 valence electrons. The number of anilines is 1. The van der Waals surface area contributed by atoms with Gasteiger partial charge in [-0.25, -0.2) is 9.97 Å². The van der Waals surface area contributed by atoms with Gasteiger partial charge < -0.3 is 9.84 Å². The normalized spacial score (nSPS) is 11.1. The van der Waals surface area contributed by atoms with Crippen LogP contribution in [0.25, 0.3) is 21.3 Å². The number of nitrogens with zero attached hydrogens (tertiary/aromatic N) is 3. The Labute approximate surface area is 159 Å². The molecule has 2 heterocycles. The number of methoxy groups -OCH3 is 1. The molecule has 0 radical (unpaired) electrons. The number of hydrogen-bond donors (Lipinski definition) is 2. The smallest absolute Gasteiger partial charge is 0.161 e. The van der Waals surface area contributed by atoms with Crippen molar-refractivity contribution in [1.82, 2.24) is 9.97 Å². The van der Waals surface area contributed by atoms with Crippen molar-refractivity contribution in [3.05, 3.63) is 65.8 Å². The van der Waals surface area contributed by atoms with Crippen LogP contribution in [0, 0.1) is 0 Å². The van der Waals surface area contributed by atoms with Crippen LogP contribution in [0.15, 0.2) is 65.3 Å². The molecule has 2 aromatic heterocycles. The largest absolute Gasteiger partial charge is 0.504 e. The van der Waals surface area contributed by atoms with Crippen LogP contribution in [0.5, 0.6) is 11.5 Å². The van der Waals surface area contributed by atoms with E-state index in [0.717, 1.165) is 26.9 Å². The van der Waals surface area contributed by atoms with Gasteiger partial charge >= 0.3 is 0 Å². The number of hydrogen-bond acceptors (Lipinski definition) is 7. The molecule has 0 aliphatic rings. The first-order valence-electron chi connectivity index (χ1n) is 8.20. The molecule has 0 aliphatic carbocycles. The van der Waals surface area contributed by atoms with E-state index >= 15 is 0 Å². The van der Waals surface area contributed by atoms with E-state index in [2.05, 4.69) is 38.0 Å². The lowest BCUT2D eigenvalue weighted by molar-refractivity contribution is 0.373. The summed E-state index contributed by atoms with van der Waals surface area (Å²) in [5.74, 6) is 1.13. The number of aromatic hydroxyl groups is 1. The average molecular weight is 376 g/mol. The van der Waals surface area contributed by atoms with Gasteiger partial charge in [-0.1, -0.05) is 30.3 Å². The van der Waals surface area contributed by atoms with Gasteiger partial charge in [0, 0.05) is 10.9 Å². The van der Waals surface area contributed by atoms with E-state index in [1.165, 1.54) is 13.4 Å². The minimum absolute atomic E-state index is 0.0888. The molecule has 0 unspecified atom stereocenters. The predicted molar refractivity (Wildman–Crippen MR) is 109 cm³/mol. The number of phenolic OH excluding ortho intramolecular Hbond substituents is 1. The fourth-order valence-electron chi connectivity index (χ4n) is 2.73. The molecule has 4 rings (SSSR count). The Kier molecular flexibility index (Phi) is 4.67. The summed E-state index contributed by atoms with van der Waals surface area (Å²) < 4.78 is 5.11. The van der Waals surface area contributed by atoms with Crippen molar-refractivity contribution in [2.24, 2.45) is 5.10 Å². The number of ether oxygens (including phenoxy) is 1. The minimum Gasteiger partial charge on any atom is -0.504 e. The number of hydrazone groups is 1. The molecule has 0 saturated carbocycles. The van der Waals surface area contributed by atoms with E-state index in [0.29, 0.717) is 11.6 Å². The van der Waals surface area contributed by atoms with Crippen LogP contribution in [0.2, 0.25) is 0 Å². The summed E-state index contributed by atoms with van der Waals surface area (Å²) >= 11 is 1.57. The van der Waals surface area contributed by atoms with E-state index in [-0.39, 0.29) is 5.75 Å². The number of benzene rings is 2. The van der Waals surface area contributed by atoms with Gasteiger partial charge in [-0.15, -0.1) is 11.3 Å². The Morgan fingerprint density at radius 1 is 1.15 bits per heavy atom. The maximum atomic E-state index is 9.67. The molecule has 27 heavy (non-hydrogen) atoms. The van der Waals surface area contributed by atoms with Gasteiger partial charge in [-0.3, -0.25) is 5.43 Å². The van der Waals surface area contributed by atoms with E-state index in [1.54, 1.807) is 35.8 Å². The Bertz CT molecular complexity index is 1110. The molecule has 4 aromatic rings. The molecule has 6 nitrogen and oxygen atoms in total. The van der Waals surface area contributed by atoms with Crippen LogP contribution < -0.4 is 10.2 Å². The molecule has 0 fully saturated rings. The lowest BCUT2D eigenvalue weighted by Crippen LogP contribution is -1.96.